The average Bonchev–Trinajstić information content (AvgIpc) is 3.76. The standard InChI is InChI=1S/C42H26N2S/c1-2-10-27(11-3-1)28-18-20-29(21-19-28)43-38-25-24-34-33-14-6-9-17-40(33)45-42(34)41(38)35-23-22-30(26-39(35)43)44-36-15-7-4-12-31(36)32-13-5-8-16-37(32)44/h1-26H. The fourth-order valence-corrected chi connectivity index (χ4v) is 8.58. The summed E-state index contributed by atoms with van der Waals surface area (Å²) in [7, 11) is 0. The maximum Gasteiger partial charge on any atom is 0.0562 e. The second kappa shape index (κ2) is 9.43. The molecule has 10 aromatic rings. The van der Waals surface area contributed by atoms with Crippen LogP contribution in [-0.2, 0) is 0 Å². The molecule has 0 amide bonds. The number of thiophene rings is 1. The third-order valence-electron chi connectivity index (χ3n) is 9.33. The molecule has 7 aromatic carbocycles. The van der Waals surface area contributed by atoms with E-state index in [1.54, 1.807) is 0 Å². The van der Waals surface area contributed by atoms with Crippen LogP contribution >= 0.6 is 11.3 Å². The van der Waals surface area contributed by atoms with E-state index in [1.165, 1.54) is 74.9 Å². The van der Waals surface area contributed by atoms with Crippen LogP contribution in [0.3, 0.4) is 0 Å². The van der Waals surface area contributed by atoms with Crippen molar-refractivity contribution < 1.29 is 0 Å². The quantitative estimate of drug-likeness (QED) is 0.194. The van der Waals surface area contributed by atoms with Crippen molar-refractivity contribution in [2.75, 3.05) is 0 Å². The first-order valence-corrected chi connectivity index (χ1v) is 16.2. The molecule has 2 nitrogen and oxygen atoms in total. The van der Waals surface area contributed by atoms with Crippen LogP contribution in [0.15, 0.2) is 158 Å². The van der Waals surface area contributed by atoms with Gasteiger partial charge >= 0.3 is 0 Å². The van der Waals surface area contributed by atoms with E-state index in [0.717, 1.165) is 11.4 Å². The van der Waals surface area contributed by atoms with Gasteiger partial charge in [0.2, 0.25) is 0 Å². The van der Waals surface area contributed by atoms with E-state index in [-0.39, 0.29) is 0 Å². The fourth-order valence-electron chi connectivity index (χ4n) is 7.32. The van der Waals surface area contributed by atoms with Crippen molar-refractivity contribution in [2.45, 2.75) is 0 Å². The van der Waals surface area contributed by atoms with Crippen LogP contribution < -0.4 is 0 Å². The van der Waals surface area contributed by atoms with Crippen LogP contribution in [0.2, 0.25) is 0 Å². The fraction of sp³-hybridized carbons (Fsp3) is 0. The second-order valence-electron chi connectivity index (χ2n) is 11.8. The maximum atomic E-state index is 2.46. The Hall–Kier alpha value is -5.64. The lowest BCUT2D eigenvalue weighted by molar-refractivity contribution is 1.15. The van der Waals surface area contributed by atoms with E-state index in [9.17, 15) is 0 Å². The molecule has 210 valence electrons. The van der Waals surface area contributed by atoms with Crippen molar-refractivity contribution in [1.82, 2.24) is 9.13 Å². The van der Waals surface area contributed by atoms with Crippen molar-refractivity contribution >= 4 is 75.1 Å². The molecular formula is C42H26N2S. The minimum absolute atomic E-state index is 1.16. The normalized spacial score (nSPS) is 12.0. The van der Waals surface area contributed by atoms with Crippen LogP contribution in [0.25, 0.3) is 86.3 Å². The summed E-state index contributed by atoms with van der Waals surface area (Å²) in [5, 5.41) is 7.81. The number of rotatable bonds is 3. The van der Waals surface area contributed by atoms with E-state index in [2.05, 4.69) is 167 Å². The van der Waals surface area contributed by atoms with Gasteiger partial charge in [0.25, 0.3) is 0 Å². The number of hydrogen-bond donors (Lipinski definition) is 0. The van der Waals surface area contributed by atoms with Gasteiger partial charge in [-0.05, 0) is 59.7 Å². The SMILES string of the molecule is c1ccc(-c2ccc(-n3c4cc(-n5c6ccccc6c6ccccc65)ccc4c4c5sc6ccccc6c5ccc43)cc2)cc1. The Morgan fingerprint density at radius 1 is 0.356 bits per heavy atom. The average molecular weight is 591 g/mol. The van der Waals surface area contributed by atoms with Gasteiger partial charge in [0.15, 0.2) is 0 Å². The zero-order valence-electron chi connectivity index (χ0n) is 24.3. The zero-order valence-corrected chi connectivity index (χ0v) is 25.1. The number of fused-ring (bicyclic) bond motifs is 10. The van der Waals surface area contributed by atoms with Crippen LogP contribution in [0.5, 0.6) is 0 Å². The van der Waals surface area contributed by atoms with E-state index in [4.69, 9.17) is 0 Å². The van der Waals surface area contributed by atoms with Crippen molar-refractivity contribution in [3.63, 3.8) is 0 Å². The van der Waals surface area contributed by atoms with Gasteiger partial charge in [0.05, 0.1) is 22.1 Å². The predicted octanol–water partition coefficient (Wildman–Crippen LogP) is 11.9. The van der Waals surface area contributed by atoms with Gasteiger partial charge < -0.3 is 9.13 Å². The van der Waals surface area contributed by atoms with Crippen LogP contribution in [0, 0.1) is 0 Å². The van der Waals surface area contributed by atoms with Crippen molar-refractivity contribution in [3.8, 4) is 22.5 Å². The van der Waals surface area contributed by atoms with Gasteiger partial charge in [-0.3, -0.25) is 0 Å². The summed E-state index contributed by atoms with van der Waals surface area (Å²) in [5.41, 5.74) is 9.66. The first-order valence-electron chi connectivity index (χ1n) is 15.4. The topological polar surface area (TPSA) is 9.86 Å². The number of aromatic nitrogens is 2. The summed E-state index contributed by atoms with van der Waals surface area (Å²) in [4.78, 5) is 0. The molecule has 0 saturated carbocycles. The molecular weight excluding hydrogens is 565 g/mol. The first kappa shape index (κ1) is 24.8. The summed E-state index contributed by atoms with van der Waals surface area (Å²) in [6.45, 7) is 0. The van der Waals surface area contributed by atoms with E-state index >= 15 is 0 Å². The van der Waals surface area contributed by atoms with Gasteiger partial charge in [0, 0.05) is 53.1 Å². The van der Waals surface area contributed by atoms with Crippen LogP contribution in [0.4, 0.5) is 0 Å². The van der Waals surface area contributed by atoms with Gasteiger partial charge in [-0.25, -0.2) is 0 Å². The first-order chi connectivity index (χ1) is 22.3. The molecule has 45 heavy (non-hydrogen) atoms. The van der Waals surface area contributed by atoms with Crippen molar-refractivity contribution in [1.29, 1.82) is 0 Å². The number of nitrogens with zero attached hydrogens (tertiary/aromatic N) is 2. The smallest absolute Gasteiger partial charge is 0.0562 e. The highest BCUT2D eigenvalue weighted by Gasteiger charge is 2.19. The Kier molecular flexibility index (Phi) is 5.19. The molecule has 0 aliphatic rings. The molecule has 0 fully saturated rings. The molecule has 0 bridgehead atoms. The molecule has 0 unspecified atom stereocenters. The Bertz CT molecular complexity index is 2690. The molecule has 0 aliphatic heterocycles. The van der Waals surface area contributed by atoms with Crippen molar-refractivity contribution in [3.05, 3.63) is 158 Å². The van der Waals surface area contributed by atoms with E-state index in [0.29, 0.717) is 0 Å². The minimum Gasteiger partial charge on any atom is -0.309 e. The van der Waals surface area contributed by atoms with Crippen LogP contribution in [0.1, 0.15) is 0 Å². The molecule has 0 saturated heterocycles. The third kappa shape index (κ3) is 3.56. The molecule has 0 N–H and O–H groups in total. The molecule has 3 heteroatoms. The summed E-state index contributed by atoms with van der Waals surface area (Å²) in [5.74, 6) is 0. The molecule has 0 spiro atoms. The Labute approximate surface area is 263 Å². The number of hydrogen-bond acceptors (Lipinski definition) is 1. The molecule has 0 aliphatic carbocycles. The Morgan fingerprint density at radius 2 is 0.933 bits per heavy atom. The van der Waals surface area contributed by atoms with Gasteiger partial charge in [-0.15, -0.1) is 11.3 Å². The lowest BCUT2D eigenvalue weighted by atomic mass is 10.1. The number of para-hydroxylation sites is 2. The highest BCUT2D eigenvalue weighted by molar-refractivity contribution is 7.26. The highest BCUT2D eigenvalue weighted by Crippen LogP contribution is 2.44. The molecule has 3 heterocycles. The van der Waals surface area contributed by atoms with Gasteiger partial charge in [-0.1, -0.05) is 109 Å². The molecule has 0 radical (unpaired) electrons. The largest absolute Gasteiger partial charge is 0.309 e. The van der Waals surface area contributed by atoms with Crippen molar-refractivity contribution in [2.24, 2.45) is 0 Å². The van der Waals surface area contributed by atoms with Gasteiger partial charge in [0.1, 0.15) is 0 Å². The summed E-state index contributed by atoms with van der Waals surface area (Å²) < 4.78 is 7.55. The van der Waals surface area contributed by atoms with E-state index < -0.39 is 0 Å². The van der Waals surface area contributed by atoms with Gasteiger partial charge in [-0.2, -0.15) is 0 Å². The molecule has 0 atom stereocenters. The zero-order chi connectivity index (χ0) is 29.5. The monoisotopic (exact) mass is 590 g/mol. The summed E-state index contributed by atoms with van der Waals surface area (Å²) >= 11 is 1.90. The maximum absolute atomic E-state index is 2.46. The third-order valence-corrected chi connectivity index (χ3v) is 10.5. The van der Waals surface area contributed by atoms with E-state index in [1.807, 2.05) is 11.3 Å². The lowest BCUT2D eigenvalue weighted by Crippen LogP contribution is -1.97. The molecule has 10 rings (SSSR count). The summed E-state index contributed by atoms with van der Waals surface area (Å²) in [6.07, 6.45) is 0. The second-order valence-corrected chi connectivity index (χ2v) is 12.8. The number of benzene rings is 7. The Balaban J connectivity index is 1.30. The minimum atomic E-state index is 1.16. The Morgan fingerprint density at radius 3 is 1.69 bits per heavy atom. The predicted molar refractivity (Wildman–Crippen MR) is 193 cm³/mol. The van der Waals surface area contributed by atoms with Crippen LogP contribution in [-0.4, -0.2) is 9.13 Å². The highest BCUT2D eigenvalue weighted by atomic mass is 32.1. The molecule has 3 aromatic heterocycles. The lowest BCUT2D eigenvalue weighted by Gasteiger charge is -2.12. The summed E-state index contributed by atoms with van der Waals surface area (Å²) in [6, 6.07) is 57.6.